The lowest BCUT2D eigenvalue weighted by Crippen LogP contribution is -2.07. The molecule has 0 unspecified atom stereocenters. The molecule has 5 heteroatoms. The quantitative estimate of drug-likeness (QED) is 0.780. The van der Waals surface area contributed by atoms with Gasteiger partial charge in [0.2, 0.25) is 0 Å². The highest BCUT2D eigenvalue weighted by molar-refractivity contribution is 6.31. The zero-order valence-electron chi connectivity index (χ0n) is 10.5. The minimum atomic E-state index is 0.406. The second kappa shape index (κ2) is 4.64. The Labute approximate surface area is 115 Å². The highest BCUT2D eigenvalue weighted by Crippen LogP contribution is 2.25. The molecule has 0 saturated carbocycles. The molecule has 2 aromatic heterocycles. The van der Waals surface area contributed by atoms with E-state index in [2.05, 4.69) is 10.1 Å². The number of nitrogens with zero attached hydrogens (tertiary/aromatic N) is 3. The van der Waals surface area contributed by atoms with Crippen molar-refractivity contribution < 1.29 is 0 Å². The van der Waals surface area contributed by atoms with Crippen molar-refractivity contribution in [1.29, 1.82) is 0 Å². The largest absolute Gasteiger partial charge is 0.326 e. The minimum absolute atomic E-state index is 0.406. The van der Waals surface area contributed by atoms with E-state index in [1.165, 1.54) is 0 Å². The van der Waals surface area contributed by atoms with Crippen LogP contribution >= 0.6 is 11.6 Å². The van der Waals surface area contributed by atoms with Crippen LogP contribution in [0.25, 0.3) is 16.6 Å². The van der Waals surface area contributed by atoms with Crippen LogP contribution in [-0.2, 0) is 6.54 Å². The number of pyridine rings is 1. The van der Waals surface area contributed by atoms with E-state index < -0.39 is 0 Å². The van der Waals surface area contributed by atoms with Crippen LogP contribution in [0.4, 0.5) is 0 Å². The molecule has 0 spiro atoms. The molecule has 0 aliphatic carbocycles. The van der Waals surface area contributed by atoms with Gasteiger partial charge in [-0.1, -0.05) is 29.8 Å². The van der Waals surface area contributed by atoms with Gasteiger partial charge in [-0.05, 0) is 13.0 Å². The Morgan fingerprint density at radius 3 is 2.79 bits per heavy atom. The fourth-order valence-electron chi connectivity index (χ4n) is 2.14. The van der Waals surface area contributed by atoms with E-state index in [4.69, 9.17) is 17.3 Å². The van der Waals surface area contributed by atoms with Crippen LogP contribution < -0.4 is 5.73 Å². The van der Waals surface area contributed by atoms with Gasteiger partial charge in [-0.25, -0.2) is 4.68 Å². The Kier molecular flexibility index (Phi) is 2.97. The summed E-state index contributed by atoms with van der Waals surface area (Å²) in [5, 5.41) is 6.10. The number of aryl methyl sites for hydroxylation is 1. The number of rotatable bonds is 2. The van der Waals surface area contributed by atoms with Crippen molar-refractivity contribution in [3.8, 4) is 5.69 Å². The van der Waals surface area contributed by atoms with Gasteiger partial charge in [-0.3, -0.25) is 4.98 Å². The maximum atomic E-state index is 6.10. The first-order chi connectivity index (χ1) is 9.20. The van der Waals surface area contributed by atoms with Crippen LogP contribution in [0.15, 0.2) is 36.7 Å². The summed E-state index contributed by atoms with van der Waals surface area (Å²) in [7, 11) is 0. The predicted molar refractivity (Wildman–Crippen MR) is 76.5 cm³/mol. The molecule has 19 heavy (non-hydrogen) atoms. The molecule has 0 radical (unpaired) electrons. The molecule has 2 N–H and O–H groups in total. The topological polar surface area (TPSA) is 56.7 Å². The van der Waals surface area contributed by atoms with E-state index in [1.54, 1.807) is 17.1 Å². The highest BCUT2D eigenvalue weighted by Gasteiger charge is 2.12. The molecular formula is C14H13ClN4. The molecule has 4 nitrogen and oxygen atoms in total. The third kappa shape index (κ3) is 1.99. The van der Waals surface area contributed by atoms with E-state index >= 15 is 0 Å². The van der Waals surface area contributed by atoms with Crippen molar-refractivity contribution in [2.24, 2.45) is 5.73 Å². The number of nitrogens with two attached hydrogens (primary N) is 1. The maximum Gasteiger partial charge on any atom is 0.0819 e. The Morgan fingerprint density at radius 1 is 1.32 bits per heavy atom. The first-order valence-corrected chi connectivity index (χ1v) is 6.37. The van der Waals surface area contributed by atoms with Gasteiger partial charge in [0.05, 0.1) is 21.9 Å². The van der Waals surface area contributed by atoms with Gasteiger partial charge in [0, 0.05) is 29.9 Å². The Morgan fingerprint density at radius 2 is 2.11 bits per heavy atom. The molecule has 2 heterocycles. The molecule has 0 aliphatic heterocycles. The SMILES string of the molecule is Cc1nn(-c2c(CN)cnc3ccccc23)cc1Cl. The van der Waals surface area contributed by atoms with Crippen LogP contribution in [0.1, 0.15) is 11.3 Å². The number of benzene rings is 1. The molecule has 0 fully saturated rings. The zero-order chi connectivity index (χ0) is 13.4. The van der Waals surface area contributed by atoms with Crippen molar-refractivity contribution in [2.45, 2.75) is 13.5 Å². The summed E-state index contributed by atoms with van der Waals surface area (Å²) in [5.41, 5.74) is 9.41. The lowest BCUT2D eigenvalue weighted by atomic mass is 10.1. The average molecular weight is 273 g/mol. The molecule has 0 bridgehead atoms. The van der Waals surface area contributed by atoms with Gasteiger partial charge in [0.15, 0.2) is 0 Å². The van der Waals surface area contributed by atoms with Crippen molar-refractivity contribution in [1.82, 2.24) is 14.8 Å². The molecular weight excluding hydrogens is 260 g/mol. The summed E-state index contributed by atoms with van der Waals surface area (Å²) in [5.74, 6) is 0. The lowest BCUT2D eigenvalue weighted by Gasteiger charge is -2.11. The van der Waals surface area contributed by atoms with E-state index in [0.29, 0.717) is 11.6 Å². The summed E-state index contributed by atoms with van der Waals surface area (Å²) in [6, 6.07) is 7.92. The number of hydrogen-bond donors (Lipinski definition) is 1. The first kappa shape index (κ1) is 12.1. The second-order valence-corrected chi connectivity index (χ2v) is 4.77. The fourth-order valence-corrected chi connectivity index (χ4v) is 2.27. The second-order valence-electron chi connectivity index (χ2n) is 4.36. The van der Waals surface area contributed by atoms with Gasteiger partial charge >= 0.3 is 0 Å². The van der Waals surface area contributed by atoms with Gasteiger partial charge in [-0.2, -0.15) is 5.10 Å². The number of halogens is 1. The lowest BCUT2D eigenvalue weighted by molar-refractivity contribution is 0.848. The van der Waals surface area contributed by atoms with Crippen molar-refractivity contribution in [2.75, 3.05) is 0 Å². The van der Waals surface area contributed by atoms with Crippen LogP contribution in [0, 0.1) is 6.92 Å². The monoisotopic (exact) mass is 272 g/mol. The number of aromatic nitrogens is 3. The Bertz CT molecular complexity index is 729. The van der Waals surface area contributed by atoms with E-state index in [-0.39, 0.29) is 0 Å². The molecule has 96 valence electrons. The summed E-state index contributed by atoms with van der Waals surface area (Å²) in [4.78, 5) is 4.41. The van der Waals surface area contributed by atoms with Gasteiger partial charge in [-0.15, -0.1) is 0 Å². The van der Waals surface area contributed by atoms with Crippen molar-refractivity contribution >= 4 is 22.5 Å². The van der Waals surface area contributed by atoms with Crippen LogP contribution in [0.5, 0.6) is 0 Å². The first-order valence-electron chi connectivity index (χ1n) is 5.99. The van der Waals surface area contributed by atoms with Crippen LogP contribution in [-0.4, -0.2) is 14.8 Å². The molecule has 3 aromatic rings. The molecule has 0 amide bonds. The van der Waals surface area contributed by atoms with Crippen LogP contribution in [0.2, 0.25) is 5.02 Å². The van der Waals surface area contributed by atoms with Gasteiger partial charge < -0.3 is 5.73 Å². The Balaban J connectivity index is 2.36. The molecule has 0 aliphatic rings. The van der Waals surface area contributed by atoms with Crippen molar-refractivity contribution in [3.63, 3.8) is 0 Å². The summed E-state index contributed by atoms with van der Waals surface area (Å²) in [6.07, 6.45) is 3.60. The molecule has 3 rings (SSSR count). The van der Waals surface area contributed by atoms with E-state index in [1.807, 2.05) is 31.2 Å². The number of para-hydroxylation sites is 1. The van der Waals surface area contributed by atoms with Crippen molar-refractivity contribution in [3.05, 3.63) is 52.9 Å². The summed E-state index contributed by atoms with van der Waals surface area (Å²) < 4.78 is 1.78. The standard InChI is InChI=1S/C14H13ClN4/c1-9-12(15)8-19(18-9)14-10(6-16)7-17-13-5-3-2-4-11(13)14/h2-5,7-8H,6,16H2,1H3. The number of fused-ring (bicyclic) bond motifs is 1. The van der Waals surface area contributed by atoms with Gasteiger partial charge in [0.25, 0.3) is 0 Å². The normalized spacial score (nSPS) is 11.1. The predicted octanol–water partition coefficient (Wildman–Crippen LogP) is 2.84. The Hall–Kier alpha value is -1.91. The minimum Gasteiger partial charge on any atom is -0.326 e. The highest BCUT2D eigenvalue weighted by atomic mass is 35.5. The molecule has 1 aromatic carbocycles. The number of hydrogen-bond acceptors (Lipinski definition) is 3. The zero-order valence-corrected chi connectivity index (χ0v) is 11.2. The van der Waals surface area contributed by atoms with E-state index in [0.717, 1.165) is 27.8 Å². The summed E-state index contributed by atoms with van der Waals surface area (Å²) in [6.45, 7) is 2.29. The van der Waals surface area contributed by atoms with Gasteiger partial charge in [0.1, 0.15) is 0 Å². The average Bonchev–Trinajstić information content (AvgIpc) is 2.77. The maximum absolute atomic E-state index is 6.10. The fraction of sp³-hybridized carbons (Fsp3) is 0.143. The third-order valence-electron chi connectivity index (χ3n) is 3.11. The van der Waals surface area contributed by atoms with E-state index in [9.17, 15) is 0 Å². The molecule has 0 atom stereocenters. The third-order valence-corrected chi connectivity index (χ3v) is 3.48. The smallest absolute Gasteiger partial charge is 0.0819 e. The summed E-state index contributed by atoms with van der Waals surface area (Å²) >= 11 is 6.10. The van der Waals surface area contributed by atoms with Crippen LogP contribution in [0.3, 0.4) is 0 Å². The molecule has 0 saturated heterocycles.